The lowest BCUT2D eigenvalue weighted by Crippen LogP contribution is -2.38. The predicted octanol–water partition coefficient (Wildman–Crippen LogP) is 3.52. The number of carbonyl (C=O) groups is 2. The van der Waals surface area contributed by atoms with Crippen LogP contribution in [0.1, 0.15) is 42.9 Å². The zero-order valence-electron chi connectivity index (χ0n) is 19.8. The van der Waals surface area contributed by atoms with E-state index in [9.17, 15) is 14.7 Å². The fourth-order valence-corrected chi connectivity index (χ4v) is 4.38. The summed E-state index contributed by atoms with van der Waals surface area (Å²) >= 11 is 0. The molecule has 1 aromatic heterocycles. The molecule has 2 fully saturated rings. The van der Waals surface area contributed by atoms with Crippen LogP contribution in [0, 0.1) is 6.92 Å². The van der Waals surface area contributed by atoms with E-state index in [4.69, 9.17) is 13.9 Å². The van der Waals surface area contributed by atoms with Crippen molar-refractivity contribution >= 4 is 17.4 Å². The van der Waals surface area contributed by atoms with Gasteiger partial charge in [-0.15, -0.1) is 0 Å². The van der Waals surface area contributed by atoms with Crippen LogP contribution in [0.25, 0.3) is 5.76 Å². The van der Waals surface area contributed by atoms with Gasteiger partial charge in [0.05, 0.1) is 25.4 Å². The molecule has 0 aliphatic carbocycles. The van der Waals surface area contributed by atoms with Gasteiger partial charge in [0.1, 0.15) is 29.1 Å². The number of aliphatic hydroxyl groups is 1. The number of nitrogens with zero attached hydrogens (tertiary/aromatic N) is 2. The third kappa shape index (κ3) is 5.18. The number of rotatable bonds is 9. The molecule has 0 unspecified atom stereocenters. The molecule has 0 radical (unpaired) electrons. The number of aliphatic hydroxyl groups excluding tert-OH is 1. The molecule has 8 heteroatoms. The summed E-state index contributed by atoms with van der Waals surface area (Å²) in [4.78, 5) is 29.9. The maximum absolute atomic E-state index is 13.1. The van der Waals surface area contributed by atoms with Crippen LogP contribution in [0.2, 0.25) is 0 Å². The molecule has 0 bridgehead atoms. The lowest BCUT2D eigenvalue weighted by molar-refractivity contribution is -0.140. The Morgan fingerprint density at radius 2 is 1.82 bits per heavy atom. The second kappa shape index (κ2) is 10.9. The molecule has 1 aromatic carbocycles. The Labute approximate surface area is 199 Å². The molecule has 0 saturated carbocycles. The fraction of sp³-hybridized carbons (Fsp3) is 0.462. The number of aryl methyl sites for hydroxylation is 1. The lowest BCUT2D eigenvalue weighted by Gasteiger charge is -2.28. The summed E-state index contributed by atoms with van der Waals surface area (Å²) < 4.78 is 16.8. The van der Waals surface area contributed by atoms with Gasteiger partial charge in [-0.05, 0) is 56.2 Å². The highest BCUT2D eigenvalue weighted by Gasteiger charge is 2.47. The number of ether oxygens (including phenoxy) is 2. The Kier molecular flexibility index (Phi) is 7.70. The summed E-state index contributed by atoms with van der Waals surface area (Å²) in [5.41, 5.74) is 0.497. The second-order valence-corrected chi connectivity index (χ2v) is 8.62. The van der Waals surface area contributed by atoms with Crippen molar-refractivity contribution in [2.24, 2.45) is 0 Å². The zero-order valence-corrected chi connectivity index (χ0v) is 19.8. The van der Waals surface area contributed by atoms with Crippen molar-refractivity contribution in [2.75, 3.05) is 46.0 Å². The van der Waals surface area contributed by atoms with Crippen molar-refractivity contribution in [3.05, 3.63) is 59.1 Å². The van der Waals surface area contributed by atoms with Gasteiger partial charge in [-0.2, -0.15) is 0 Å². The van der Waals surface area contributed by atoms with Crippen LogP contribution >= 0.6 is 0 Å². The van der Waals surface area contributed by atoms with E-state index in [2.05, 4.69) is 4.90 Å². The van der Waals surface area contributed by atoms with Gasteiger partial charge in [0.15, 0.2) is 0 Å². The van der Waals surface area contributed by atoms with Gasteiger partial charge in [0.25, 0.3) is 11.7 Å². The van der Waals surface area contributed by atoms with E-state index < -0.39 is 17.7 Å². The number of likely N-dealkylation sites (tertiary alicyclic amines) is 1. The van der Waals surface area contributed by atoms with Crippen molar-refractivity contribution in [3.8, 4) is 5.75 Å². The summed E-state index contributed by atoms with van der Waals surface area (Å²) in [6.45, 7) is 8.74. The van der Waals surface area contributed by atoms with E-state index >= 15 is 0 Å². The average molecular weight is 469 g/mol. The summed E-state index contributed by atoms with van der Waals surface area (Å²) in [6.07, 6.45) is 1.59. The minimum absolute atomic E-state index is 0.0490. The number of ketones is 1. The van der Waals surface area contributed by atoms with Crippen molar-refractivity contribution in [1.29, 1.82) is 0 Å². The van der Waals surface area contributed by atoms with Crippen LogP contribution in [-0.4, -0.2) is 72.6 Å². The van der Waals surface area contributed by atoms with Gasteiger partial charge in [0.2, 0.25) is 0 Å². The van der Waals surface area contributed by atoms with Crippen LogP contribution in [0.4, 0.5) is 0 Å². The molecule has 2 aliphatic rings. The maximum atomic E-state index is 13.1. The Morgan fingerprint density at radius 1 is 1.09 bits per heavy atom. The van der Waals surface area contributed by atoms with E-state index in [0.717, 1.165) is 26.1 Å². The molecule has 182 valence electrons. The Hall–Kier alpha value is -3.10. The normalized spacial score (nSPS) is 20.8. The minimum Gasteiger partial charge on any atom is -0.507 e. The summed E-state index contributed by atoms with van der Waals surface area (Å²) in [6, 6.07) is 9.66. The molecule has 4 rings (SSSR count). The first-order valence-corrected chi connectivity index (χ1v) is 11.9. The van der Waals surface area contributed by atoms with Crippen LogP contribution in [-0.2, 0) is 14.3 Å². The molecule has 3 heterocycles. The van der Waals surface area contributed by atoms with Gasteiger partial charge in [-0.3, -0.25) is 14.5 Å². The number of morpholine rings is 1. The predicted molar refractivity (Wildman–Crippen MR) is 127 cm³/mol. The van der Waals surface area contributed by atoms with Gasteiger partial charge < -0.3 is 23.9 Å². The summed E-state index contributed by atoms with van der Waals surface area (Å²) in [5.74, 6) is 0.286. The molecule has 1 atom stereocenters. The van der Waals surface area contributed by atoms with E-state index in [1.807, 2.05) is 13.8 Å². The van der Waals surface area contributed by atoms with Crippen LogP contribution in [0.5, 0.6) is 5.75 Å². The highest BCUT2D eigenvalue weighted by molar-refractivity contribution is 6.46. The Morgan fingerprint density at radius 3 is 2.47 bits per heavy atom. The Bertz CT molecular complexity index is 1040. The van der Waals surface area contributed by atoms with Crippen molar-refractivity contribution in [1.82, 2.24) is 9.80 Å². The van der Waals surface area contributed by atoms with Crippen molar-refractivity contribution in [3.63, 3.8) is 0 Å². The van der Waals surface area contributed by atoms with E-state index in [0.29, 0.717) is 55.6 Å². The molecule has 1 N–H and O–H groups in total. The first-order chi connectivity index (χ1) is 16.5. The van der Waals surface area contributed by atoms with Gasteiger partial charge in [-0.1, -0.05) is 6.92 Å². The number of hydrogen-bond acceptors (Lipinski definition) is 7. The molecule has 2 aromatic rings. The third-order valence-corrected chi connectivity index (χ3v) is 6.15. The molecule has 0 spiro atoms. The maximum Gasteiger partial charge on any atom is 0.295 e. The molecular formula is C26H32N2O6. The minimum atomic E-state index is -0.769. The quantitative estimate of drug-likeness (QED) is 0.342. The van der Waals surface area contributed by atoms with E-state index in [1.165, 1.54) is 4.90 Å². The Balaban J connectivity index is 1.60. The number of amides is 1. The van der Waals surface area contributed by atoms with E-state index in [-0.39, 0.29) is 11.3 Å². The highest BCUT2D eigenvalue weighted by Crippen LogP contribution is 2.40. The first kappa shape index (κ1) is 24.0. The SMILES string of the molecule is CCCOc1ccc(/C(O)=C2\C(=O)C(=O)N(CCCN3CCOCC3)[C@H]2c2ccc(C)o2)cc1. The highest BCUT2D eigenvalue weighted by atomic mass is 16.5. The first-order valence-electron chi connectivity index (χ1n) is 11.9. The molecular weight excluding hydrogens is 436 g/mol. The van der Waals surface area contributed by atoms with Gasteiger partial charge >= 0.3 is 0 Å². The zero-order chi connectivity index (χ0) is 24.1. The number of Topliss-reactive ketones (excluding diaryl/α,β-unsaturated/α-hetero) is 1. The molecule has 34 heavy (non-hydrogen) atoms. The average Bonchev–Trinajstić information content (AvgIpc) is 3.39. The standard InChI is InChI=1S/C26H32N2O6/c1-3-15-33-20-8-6-19(7-9-20)24(29)22-23(21-10-5-18(2)34-21)28(26(31)25(22)30)12-4-11-27-13-16-32-17-14-27/h5-10,23,29H,3-4,11-17H2,1-2H3/b24-22+/t23-/m0/s1. The number of hydrogen-bond donors (Lipinski definition) is 1. The van der Waals surface area contributed by atoms with Crippen LogP contribution in [0.3, 0.4) is 0 Å². The van der Waals surface area contributed by atoms with Crippen molar-refractivity contribution in [2.45, 2.75) is 32.7 Å². The monoisotopic (exact) mass is 468 g/mol. The fourth-order valence-electron chi connectivity index (χ4n) is 4.38. The summed E-state index contributed by atoms with van der Waals surface area (Å²) in [7, 11) is 0. The number of furan rings is 1. The van der Waals surface area contributed by atoms with Gasteiger partial charge in [0, 0.05) is 31.7 Å². The molecule has 1 amide bonds. The topological polar surface area (TPSA) is 92.5 Å². The second-order valence-electron chi connectivity index (χ2n) is 8.62. The molecule has 2 saturated heterocycles. The third-order valence-electron chi connectivity index (χ3n) is 6.15. The van der Waals surface area contributed by atoms with E-state index in [1.54, 1.807) is 36.4 Å². The lowest BCUT2D eigenvalue weighted by atomic mass is 9.99. The number of carbonyl (C=O) groups excluding carboxylic acids is 2. The largest absolute Gasteiger partial charge is 0.507 e. The summed E-state index contributed by atoms with van der Waals surface area (Å²) in [5, 5.41) is 11.1. The van der Waals surface area contributed by atoms with Crippen LogP contribution in [0.15, 0.2) is 46.4 Å². The smallest absolute Gasteiger partial charge is 0.295 e. The van der Waals surface area contributed by atoms with Crippen molar-refractivity contribution < 1.29 is 28.6 Å². The van der Waals surface area contributed by atoms with Gasteiger partial charge in [-0.25, -0.2) is 0 Å². The van der Waals surface area contributed by atoms with Crippen LogP contribution < -0.4 is 4.74 Å². The number of benzene rings is 1. The molecule has 8 nitrogen and oxygen atoms in total. The molecule has 2 aliphatic heterocycles.